The van der Waals surface area contributed by atoms with Gasteiger partial charge in [0.05, 0.1) is 0 Å². The number of hydrogen-bond donors (Lipinski definition) is 0. The first-order valence-electron chi connectivity index (χ1n) is 1.94. The van der Waals surface area contributed by atoms with E-state index in [1.54, 1.807) is 18.8 Å². The Labute approximate surface area is 49.5 Å². The highest BCUT2D eigenvalue weighted by Gasteiger charge is 2.07. The predicted molar refractivity (Wildman–Crippen MR) is 33.4 cm³/mol. The van der Waals surface area contributed by atoms with Crippen molar-refractivity contribution in [2.24, 2.45) is 0 Å². The Bertz CT molecular complexity index is 97.2. The van der Waals surface area contributed by atoms with Crippen LogP contribution < -0.4 is 0 Å². The summed E-state index contributed by atoms with van der Waals surface area (Å²) in [5, 5.41) is 8.86. The smallest absolute Gasteiger partial charge is 0.264 e. The van der Waals surface area contributed by atoms with Crippen LogP contribution in [0.4, 0.5) is 0 Å². The van der Waals surface area contributed by atoms with Crippen LogP contribution in [0.3, 0.4) is 0 Å². The molecule has 8 heavy (non-hydrogen) atoms. The molecular weight excluding hydrogens is 130 g/mol. The Balaban J connectivity index is 3.55. The van der Waals surface area contributed by atoms with Crippen LogP contribution >= 0.6 is 10.3 Å². The van der Waals surface area contributed by atoms with E-state index in [-0.39, 0.29) is 0 Å². The van der Waals surface area contributed by atoms with Gasteiger partial charge in [-0.05, 0) is 18.8 Å². The molecule has 0 aliphatic heterocycles. The van der Waals surface area contributed by atoms with Gasteiger partial charge in [0.25, 0.3) is 0 Å². The lowest BCUT2D eigenvalue weighted by Gasteiger charge is -2.20. The van der Waals surface area contributed by atoms with Crippen LogP contribution in [0.25, 0.3) is 0 Å². The molecule has 0 heterocycles. The van der Waals surface area contributed by atoms with E-state index in [2.05, 4.69) is 4.28 Å². The van der Waals surface area contributed by atoms with E-state index in [4.69, 9.17) is 0 Å². The lowest BCUT2D eigenvalue weighted by atomic mass is 11.9. The summed E-state index contributed by atoms with van der Waals surface area (Å²) in [5.41, 5.74) is 0. The Hall–Kier alpha value is -0.450. The maximum atomic E-state index is 9.62. The molecule has 4 nitrogen and oxygen atoms in total. The summed E-state index contributed by atoms with van der Waals surface area (Å²) in [5.74, 6) is 0. The van der Waals surface area contributed by atoms with Gasteiger partial charge in [-0.2, -0.15) is 0 Å². The van der Waals surface area contributed by atoms with E-state index >= 15 is 0 Å². The van der Waals surface area contributed by atoms with E-state index < -0.39 is 15.4 Å². The molecular formula is C3H9NO3S. The second-order valence-electron chi connectivity index (χ2n) is 2.02. The fourth-order valence-electron chi connectivity index (χ4n) is 0.183. The standard InChI is InChI=1S/C3H9NO3S/c1-8(2,3)7-4(5)6/h1-3H3. The molecule has 0 amide bonds. The summed E-state index contributed by atoms with van der Waals surface area (Å²) in [6, 6.07) is 0. The van der Waals surface area contributed by atoms with E-state index in [0.29, 0.717) is 0 Å². The Morgan fingerprint density at radius 1 is 1.50 bits per heavy atom. The minimum absolute atomic E-state index is 0.755. The Morgan fingerprint density at radius 3 is 1.88 bits per heavy atom. The monoisotopic (exact) mass is 139 g/mol. The number of hydrogen-bond acceptors (Lipinski definition) is 3. The summed E-state index contributed by atoms with van der Waals surface area (Å²) in [6.45, 7) is 0. The lowest BCUT2D eigenvalue weighted by Crippen LogP contribution is -2.04. The molecule has 0 N–H and O–H groups in total. The molecule has 50 valence electrons. The molecule has 0 saturated carbocycles. The van der Waals surface area contributed by atoms with Crippen LogP contribution in [0.15, 0.2) is 0 Å². The molecule has 0 aromatic rings. The lowest BCUT2D eigenvalue weighted by molar-refractivity contribution is -0.709. The molecule has 0 spiro atoms. The maximum Gasteiger partial charge on any atom is 0.304 e. The Kier molecular flexibility index (Phi) is 2.09. The van der Waals surface area contributed by atoms with Crippen molar-refractivity contribution in [2.75, 3.05) is 18.8 Å². The second-order valence-corrected chi connectivity index (χ2v) is 5.62. The van der Waals surface area contributed by atoms with Crippen molar-refractivity contribution < 1.29 is 9.37 Å². The van der Waals surface area contributed by atoms with Crippen molar-refractivity contribution in [3.63, 3.8) is 0 Å². The zero-order valence-corrected chi connectivity index (χ0v) is 5.90. The quantitative estimate of drug-likeness (QED) is 0.420. The largest absolute Gasteiger partial charge is 0.304 e. The molecule has 0 aromatic carbocycles. The van der Waals surface area contributed by atoms with E-state index in [0.717, 1.165) is 0 Å². The molecule has 0 aromatic heterocycles. The summed E-state index contributed by atoms with van der Waals surface area (Å²) in [6.07, 6.45) is 5.11. The molecule has 0 unspecified atom stereocenters. The highest BCUT2D eigenvalue weighted by Crippen LogP contribution is 2.35. The van der Waals surface area contributed by atoms with Crippen molar-refractivity contribution in [1.29, 1.82) is 0 Å². The molecule has 5 heteroatoms. The fraction of sp³-hybridized carbons (Fsp3) is 1.00. The molecule has 0 fully saturated rings. The van der Waals surface area contributed by atoms with Gasteiger partial charge in [-0.1, -0.05) is 10.3 Å². The third kappa shape index (κ3) is 5.55. The highest BCUT2D eigenvalue weighted by molar-refractivity contribution is 8.28. The zero-order chi connectivity index (χ0) is 6.78. The molecule has 0 aliphatic carbocycles. The van der Waals surface area contributed by atoms with Crippen molar-refractivity contribution in [2.45, 2.75) is 0 Å². The second kappa shape index (κ2) is 2.21. The normalized spacial score (nSPS) is 12.9. The van der Waals surface area contributed by atoms with Crippen molar-refractivity contribution >= 4 is 10.3 Å². The minimum Gasteiger partial charge on any atom is -0.264 e. The molecule has 0 rings (SSSR count). The fourth-order valence-corrected chi connectivity index (χ4v) is 0.548. The van der Waals surface area contributed by atoms with Gasteiger partial charge in [-0.15, -0.1) is 10.1 Å². The van der Waals surface area contributed by atoms with Crippen molar-refractivity contribution in [3.8, 4) is 0 Å². The van der Waals surface area contributed by atoms with Gasteiger partial charge in [0, 0.05) is 0 Å². The van der Waals surface area contributed by atoms with Crippen LogP contribution in [0, 0.1) is 10.1 Å². The van der Waals surface area contributed by atoms with Gasteiger partial charge in [0.15, 0.2) is 0 Å². The number of rotatable bonds is 2. The first-order valence-corrected chi connectivity index (χ1v) is 4.72. The zero-order valence-electron chi connectivity index (χ0n) is 5.08. The summed E-state index contributed by atoms with van der Waals surface area (Å²) >= 11 is 0. The molecule has 0 atom stereocenters. The van der Waals surface area contributed by atoms with Gasteiger partial charge in [0.2, 0.25) is 0 Å². The first kappa shape index (κ1) is 7.55. The predicted octanol–water partition coefficient (Wildman–Crippen LogP) is 0.804. The summed E-state index contributed by atoms with van der Waals surface area (Å²) in [4.78, 5) is 9.62. The SMILES string of the molecule is CS(C)(C)O[N+](=O)[O-]. The summed E-state index contributed by atoms with van der Waals surface area (Å²) < 4.78 is 4.24. The molecule has 0 bridgehead atoms. The first-order chi connectivity index (χ1) is 3.42. The topological polar surface area (TPSA) is 52.4 Å². The molecule has 0 saturated heterocycles. The average Bonchev–Trinajstić information content (AvgIpc) is 1.21. The van der Waals surface area contributed by atoms with E-state index in [1.807, 2.05) is 0 Å². The van der Waals surface area contributed by atoms with E-state index in [9.17, 15) is 10.1 Å². The third-order valence-electron chi connectivity index (χ3n) is 0.284. The van der Waals surface area contributed by atoms with Crippen LogP contribution in [0.1, 0.15) is 0 Å². The van der Waals surface area contributed by atoms with E-state index in [1.165, 1.54) is 0 Å². The van der Waals surface area contributed by atoms with Gasteiger partial charge in [-0.25, -0.2) is 0 Å². The summed E-state index contributed by atoms with van der Waals surface area (Å²) in [7, 11) is -1.42. The third-order valence-corrected chi connectivity index (χ3v) is 0.853. The van der Waals surface area contributed by atoms with Crippen LogP contribution in [-0.2, 0) is 4.28 Å². The van der Waals surface area contributed by atoms with Gasteiger partial charge in [0.1, 0.15) is 0 Å². The molecule has 0 aliphatic rings. The highest BCUT2D eigenvalue weighted by atomic mass is 32.3. The van der Waals surface area contributed by atoms with Crippen molar-refractivity contribution in [3.05, 3.63) is 10.1 Å². The van der Waals surface area contributed by atoms with Crippen LogP contribution in [0.2, 0.25) is 0 Å². The van der Waals surface area contributed by atoms with Gasteiger partial charge < -0.3 is 0 Å². The molecule has 0 radical (unpaired) electrons. The van der Waals surface area contributed by atoms with Crippen LogP contribution in [0.5, 0.6) is 0 Å². The van der Waals surface area contributed by atoms with Crippen LogP contribution in [-0.4, -0.2) is 23.9 Å². The minimum atomic E-state index is -1.42. The Morgan fingerprint density at radius 2 is 1.88 bits per heavy atom. The van der Waals surface area contributed by atoms with Crippen molar-refractivity contribution in [1.82, 2.24) is 0 Å². The van der Waals surface area contributed by atoms with Gasteiger partial charge >= 0.3 is 5.09 Å². The number of nitrogens with zero attached hydrogens (tertiary/aromatic N) is 1. The maximum absolute atomic E-state index is 9.62. The van der Waals surface area contributed by atoms with Gasteiger partial charge in [-0.3, -0.25) is 4.28 Å². The average molecular weight is 139 g/mol.